The average molecular weight is 429 g/mol. The third-order valence-electron chi connectivity index (χ3n) is 4.77. The van der Waals surface area contributed by atoms with E-state index in [0.717, 1.165) is 16.9 Å². The summed E-state index contributed by atoms with van der Waals surface area (Å²) in [5.41, 5.74) is 3.04. The molecule has 0 radical (unpaired) electrons. The molecule has 4 rings (SSSR count). The average Bonchev–Trinajstić information content (AvgIpc) is 3.25. The van der Waals surface area contributed by atoms with Crippen molar-refractivity contribution in [2.24, 2.45) is 0 Å². The van der Waals surface area contributed by atoms with Crippen LogP contribution < -0.4 is 19.5 Å². The number of hydrogen-bond donors (Lipinski definition) is 1. The molecule has 1 N–H and O–H groups in total. The molecular formula is C25H23N3O4. The Morgan fingerprint density at radius 2 is 1.81 bits per heavy atom. The summed E-state index contributed by atoms with van der Waals surface area (Å²) in [6, 6.07) is 18.5. The minimum absolute atomic E-state index is 0.267. The fraction of sp³-hybridized carbons (Fsp3) is 0.120. The fourth-order valence-electron chi connectivity index (χ4n) is 3.23. The van der Waals surface area contributed by atoms with Crippen molar-refractivity contribution in [1.29, 1.82) is 0 Å². The number of para-hydroxylation sites is 1. The number of hydrogen-bond acceptors (Lipinski definition) is 5. The molecule has 2 heterocycles. The molecule has 0 atom stereocenters. The van der Waals surface area contributed by atoms with Crippen molar-refractivity contribution in [3.05, 3.63) is 90.4 Å². The van der Waals surface area contributed by atoms with E-state index in [1.54, 1.807) is 38.5 Å². The van der Waals surface area contributed by atoms with Gasteiger partial charge in [0.1, 0.15) is 18.0 Å². The van der Waals surface area contributed by atoms with Gasteiger partial charge >= 0.3 is 0 Å². The van der Waals surface area contributed by atoms with Crippen LogP contribution in [0.1, 0.15) is 11.3 Å². The van der Waals surface area contributed by atoms with Gasteiger partial charge in [0.15, 0.2) is 11.5 Å². The zero-order valence-corrected chi connectivity index (χ0v) is 17.8. The molecule has 0 fully saturated rings. The maximum atomic E-state index is 12.4. The van der Waals surface area contributed by atoms with Crippen LogP contribution in [0.4, 0.5) is 5.69 Å². The van der Waals surface area contributed by atoms with E-state index in [0.29, 0.717) is 22.9 Å². The molecular weight excluding hydrogens is 406 g/mol. The van der Waals surface area contributed by atoms with E-state index in [2.05, 4.69) is 10.3 Å². The minimum Gasteiger partial charge on any atom is -0.496 e. The monoisotopic (exact) mass is 429 g/mol. The molecule has 0 aliphatic rings. The van der Waals surface area contributed by atoms with Crippen molar-refractivity contribution in [2.45, 2.75) is 6.61 Å². The topological polar surface area (TPSA) is 74.1 Å². The van der Waals surface area contributed by atoms with Crippen LogP contribution in [0, 0.1) is 0 Å². The highest BCUT2D eigenvalue weighted by Gasteiger charge is 2.09. The van der Waals surface area contributed by atoms with Crippen molar-refractivity contribution in [3.63, 3.8) is 0 Å². The van der Waals surface area contributed by atoms with Gasteiger partial charge in [0.2, 0.25) is 5.91 Å². The Bertz CT molecular complexity index is 1230. The van der Waals surface area contributed by atoms with E-state index in [1.807, 2.05) is 59.3 Å². The predicted molar refractivity (Wildman–Crippen MR) is 123 cm³/mol. The number of aromatic nitrogens is 2. The smallest absolute Gasteiger partial charge is 0.248 e. The van der Waals surface area contributed by atoms with Gasteiger partial charge in [-0.05, 0) is 36.4 Å². The van der Waals surface area contributed by atoms with Gasteiger partial charge < -0.3 is 23.9 Å². The number of imidazole rings is 1. The number of benzene rings is 2. The number of methoxy groups -OCH3 is 2. The molecule has 1 amide bonds. The van der Waals surface area contributed by atoms with Gasteiger partial charge in [-0.2, -0.15) is 0 Å². The van der Waals surface area contributed by atoms with E-state index in [1.165, 1.54) is 6.08 Å². The maximum Gasteiger partial charge on any atom is 0.248 e. The van der Waals surface area contributed by atoms with E-state index < -0.39 is 0 Å². The molecule has 0 saturated heterocycles. The molecule has 0 aliphatic heterocycles. The Morgan fingerprint density at radius 1 is 1.00 bits per heavy atom. The van der Waals surface area contributed by atoms with Gasteiger partial charge in [-0.3, -0.25) is 4.79 Å². The number of nitrogens with zero attached hydrogens (tertiary/aromatic N) is 2. The van der Waals surface area contributed by atoms with Gasteiger partial charge in [0.05, 0.1) is 19.9 Å². The van der Waals surface area contributed by atoms with Gasteiger partial charge in [0.25, 0.3) is 0 Å². The lowest BCUT2D eigenvalue weighted by Crippen LogP contribution is -2.08. The molecule has 7 heteroatoms. The van der Waals surface area contributed by atoms with Crippen LogP contribution in [0.15, 0.2) is 79.1 Å². The Morgan fingerprint density at radius 3 is 2.62 bits per heavy atom. The third-order valence-corrected chi connectivity index (χ3v) is 4.77. The zero-order valence-electron chi connectivity index (χ0n) is 17.8. The molecule has 0 unspecified atom stereocenters. The van der Waals surface area contributed by atoms with Gasteiger partial charge in [-0.15, -0.1) is 0 Å². The number of carbonyl (C=O) groups excluding carboxylic acids is 1. The van der Waals surface area contributed by atoms with Crippen LogP contribution in [0.25, 0.3) is 11.7 Å². The van der Waals surface area contributed by atoms with Crippen LogP contribution in [0.3, 0.4) is 0 Å². The third kappa shape index (κ3) is 4.89. The van der Waals surface area contributed by atoms with Crippen molar-refractivity contribution in [2.75, 3.05) is 19.5 Å². The minimum atomic E-state index is -0.271. The quantitative estimate of drug-likeness (QED) is 0.415. The standard InChI is InChI=1S/C25H23N3O4/c1-30-21-8-4-3-7-18(21)10-13-25(29)27-19-11-12-22(31-2)23(15-19)32-17-20-16-28-14-6-5-9-24(28)26-20/h3-16H,17H2,1-2H3,(H,27,29). The molecule has 7 nitrogen and oxygen atoms in total. The van der Waals surface area contributed by atoms with Crippen molar-refractivity contribution in [3.8, 4) is 17.2 Å². The summed E-state index contributed by atoms with van der Waals surface area (Å²) in [6.45, 7) is 0.267. The Labute approximate surface area is 185 Å². The number of rotatable bonds is 8. The normalized spacial score (nSPS) is 10.9. The Kier molecular flexibility index (Phi) is 6.36. The van der Waals surface area contributed by atoms with E-state index in [4.69, 9.17) is 14.2 Å². The van der Waals surface area contributed by atoms with Crippen LogP contribution >= 0.6 is 0 Å². The van der Waals surface area contributed by atoms with Crippen LogP contribution in [-0.2, 0) is 11.4 Å². The first-order chi connectivity index (χ1) is 15.7. The van der Waals surface area contributed by atoms with Crippen molar-refractivity contribution >= 4 is 23.3 Å². The zero-order chi connectivity index (χ0) is 22.3. The highest BCUT2D eigenvalue weighted by atomic mass is 16.5. The summed E-state index contributed by atoms with van der Waals surface area (Å²) in [5.74, 6) is 1.50. The molecule has 4 aromatic rings. The number of pyridine rings is 1. The number of ether oxygens (including phenoxy) is 3. The van der Waals surface area contributed by atoms with E-state index in [-0.39, 0.29) is 12.5 Å². The van der Waals surface area contributed by atoms with Crippen LogP contribution in [-0.4, -0.2) is 29.5 Å². The second kappa shape index (κ2) is 9.70. The molecule has 32 heavy (non-hydrogen) atoms. The lowest BCUT2D eigenvalue weighted by molar-refractivity contribution is -0.111. The summed E-state index contributed by atoms with van der Waals surface area (Å²) >= 11 is 0. The summed E-state index contributed by atoms with van der Waals surface area (Å²) in [4.78, 5) is 16.9. The molecule has 0 saturated carbocycles. The lowest BCUT2D eigenvalue weighted by atomic mass is 10.2. The Hall–Kier alpha value is -4.26. The molecule has 0 bridgehead atoms. The van der Waals surface area contributed by atoms with Crippen molar-refractivity contribution in [1.82, 2.24) is 9.38 Å². The van der Waals surface area contributed by atoms with Crippen LogP contribution in [0.5, 0.6) is 17.2 Å². The number of fused-ring (bicyclic) bond motifs is 1. The molecule has 0 spiro atoms. The van der Waals surface area contributed by atoms with E-state index in [9.17, 15) is 4.79 Å². The van der Waals surface area contributed by atoms with Gasteiger partial charge in [0, 0.05) is 35.8 Å². The first kappa shape index (κ1) is 21.0. The summed E-state index contributed by atoms with van der Waals surface area (Å²) in [5, 5.41) is 2.84. The highest BCUT2D eigenvalue weighted by molar-refractivity contribution is 6.02. The molecule has 0 aliphatic carbocycles. The number of nitrogens with one attached hydrogen (secondary N) is 1. The van der Waals surface area contributed by atoms with Crippen LogP contribution in [0.2, 0.25) is 0 Å². The SMILES string of the molecule is COc1ccccc1C=CC(=O)Nc1ccc(OC)c(OCc2cn3ccccc3n2)c1. The van der Waals surface area contributed by atoms with Gasteiger partial charge in [-0.1, -0.05) is 24.3 Å². The molecule has 2 aromatic carbocycles. The first-order valence-electron chi connectivity index (χ1n) is 10.0. The Balaban J connectivity index is 1.45. The van der Waals surface area contributed by atoms with Gasteiger partial charge in [-0.25, -0.2) is 4.98 Å². The molecule has 162 valence electrons. The molecule has 2 aromatic heterocycles. The summed E-state index contributed by atoms with van der Waals surface area (Å²) in [7, 11) is 3.17. The summed E-state index contributed by atoms with van der Waals surface area (Å²) in [6.07, 6.45) is 7.01. The highest BCUT2D eigenvalue weighted by Crippen LogP contribution is 2.31. The second-order valence-corrected chi connectivity index (χ2v) is 6.92. The lowest BCUT2D eigenvalue weighted by Gasteiger charge is -2.12. The largest absolute Gasteiger partial charge is 0.496 e. The van der Waals surface area contributed by atoms with Crippen molar-refractivity contribution < 1.29 is 19.0 Å². The number of amides is 1. The predicted octanol–water partition coefficient (Wildman–Crippen LogP) is 4.58. The summed E-state index contributed by atoms with van der Waals surface area (Å²) < 4.78 is 18.6. The second-order valence-electron chi connectivity index (χ2n) is 6.92. The number of carbonyl (C=O) groups is 1. The number of anilines is 1. The fourth-order valence-corrected chi connectivity index (χ4v) is 3.23. The van der Waals surface area contributed by atoms with E-state index >= 15 is 0 Å². The maximum absolute atomic E-state index is 12.4. The first-order valence-corrected chi connectivity index (χ1v) is 10.0.